The lowest BCUT2D eigenvalue weighted by Gasteiger charge is -2.08. The zero-order valence-corrected chi connectivity index (χ0v) is 17.9. The number of phenolic OH excluding ortho intramolecular Hbond substituents is 2. The Morgan fingerprint density at radius 2 is 1.26 bits per heavy atom. The molecule has 4 aromatic rings. The van der Waals surface area contributed by atoms with E-state index in [1.165, 1.54) is 24.3 Å². The molecule has 2 N–H and O–H groups in total. The smallest absolute Gasteiger partial charge is 0.343 e. The summed E-state index contributed by atoms with van der Waals surface area (Å²) in [7, 11) is 0. The van der Waals surface area contributed by atoms with E-state index in [0.29, 0.717) is 22.6 Å². The molecule has 0 unspecified atom stereocenters. The standard InChI is InChI=1S/C28H20O6/c29-22-16-23(30)18-26(17-22)33-24-13-9-21(10-14-24)28(32)34-25-11-6-19(7-12-25)8-15-27(31)20-4-2-1-3-5-20/h1-18,29-30H. The molecule has 0 bridgehead atoms. The number of allylic oxidation sites excluding steroid dienone is 1. The highest BCUT2D eigenvalue weighted by atomic mass is 16.5. The van der Waals surface area contributed by atoms with Gasteiger partial charge in [-0.15, -0.1) is 0 Å². The third kappa shape index (κ3) is 5.89. The van der Waals surface area contributed by atoms with Gasteiger partial charge in [0, 0.05) is 23.8 Å². The number of benzene rings is 4. The van der Waals surface area contributed by atoms with E-state index in [2.05, 4.69) is 0 Å². The molecule has 4 rings (SSSR count). The van der Waals surface area contributed by atoms with Crippen LogP contribution >= 0.6 is 0 Å². The molecule has 0 amide bonds. The lowest BCUT2D eigenvalue weighted by atomic mass is 10.1. The number of rotatable bonds is 7. The number of carbonyl (C=O) groups is 2. The summed E-state index contributed by atoms with van der Waals surface area (Å²) in [4.78, 5) is 24.6. The fraction of sp³-hybridized carbons (Fsp3) is 0. The molecule has 0 radical (unpaired) electrons. The average Bonchev–Trinajstić information content (AvgIpc) is 2.84. The second-order valence-electron chi connectivity index (χ2n) is 7.33. The van der Waals surface area contributed by atoms with Crippen LogP contribution in [0.2, 0.25) is 0 Å². The van der Waals surface area contributed by atoms with Gasteiger partial charge in [-0.25, -0.2) is 4.79 Å². The first-order chi connectivity index (χ1) is 16.5. The van der Waals surface area contributed by atoms with E-state index in [-0.39, 0.29) is 23.0 Å². The molecular formula is C28H20O6. The van der Waals surface area contributed by atoms with Crippen LogP contribution in [0.5, 0.6) is 28.7 Å². The summed E-state index contributed by atoms with van der Waals surface area (Å²) in [6.07, 6.45) is 3.20. The minimum absolute atomic E-state index is 0.0932. The number of hydrogen-bond acceptors (Lipinski definition) is 6. The first-order valence-corrected chi connectivity index (χ1v) is 10.4. The van der Waals surface area contributed by atoms with E-state index in [0.717, 1.165) is 5.56 Å². The van der Waals surface area contributed by atoms with Crippen LogP contribution in [-0.4, -0.2) is 22.0 Å². The van der Waals surface area contributed by atoms with Crippen molar-refractivity contribution in [2.75, 3.05) is 0 Å². The summed E-state index contributed by atoms with van der Waals surface area (Å²) >= 11 is 0. The molecule has 4 aromatic carbocycles. The Labute approximate surface area is 196 Å². The zero-order valence-electron chi connectivity index (χ0n) is 17.9. The van der Waals surface area contributed by atoms with Gasteiger partial charge in [-0.3, -0.25) is 4.79 Å². The molecule has 0 aliphatic rings. The number of aromatic hydroxyl groups is 2. The topological polar surface area (TPSA) is 93.1 Å². The fourth-order valence-electron chi connectivity index (χ4n) is 3.11. The summed E-state index contributed by atoms with van der Waals surface area (Å²) in [6, 6.07) is 25.9. The molecular weight excluding hydrogens is 432 g/mol. The third-order valence-corrected chi connectivity index (χ3v) is 4.78. The van der Waals surface area contributed by atoms with E-state index < -0.39 is 5.97 Å². The first-order valence-electron chi connectivity index (χ1n) is 10.4. The molecule has 0 aliphatic heterocycles. The number of esters is 1. The Morgan fingerprint density at radius 3 is 1.91 bits per heavy atom. The van der Waals surface area contributed by atoms with Gasteiger partial charge in [0.15, 0.2) is 5.78 Å². The van der Waals surface area contributed by atoms with Crippen molar-refractivity contribution in [1.82, 2.24) is 0 Å². The Morgan fingerprint density at radius 1 is 0.647 bits per heavy atom. The van der Waals surface area contributed by atoms with Crippen LogP contribution in [0.15, 0.2) is 103 Å². The maximum atomic E-state index is 12.4. The highest BCUT2D eigenvalue weighted by Crippen LogP contribution is 2.29. The van der Waals surface area contributed by atoms with E-state index in [4.69, 9.17) is 9.47 Å². The minimum atomic E-state index is -0.538. The van der Waals surface area contributed by atoms with Gasteiger partial charge >= 0.3 is 5.97 Å². The van der Waals surface area contributed by atoms with Gasteiger partial charge in [0.2, 0.25) is 0 Å². The van der Waals surface area contributed by atoms with Gasteiger partial charge in [0.05, 0.1) is 5.56 Å². The maximum absolute atomic E-state index is 12.4. The lowest BCUT2D eigenvalue weighted by Crippen LogP contribution is -2.08. The molecule has 0 aliphatic carbocycles. The van der Waals surface area contributed by atoms with E-state index >= 15 is 0 Å². The Bertz CT molecular complexity index is 1300. The number of carbonyl (C=O) groups excluding carboxylic acids is 2. The predicted molar refractivity (Wildman–Crippen MR) is 127 cm³/mol. The van der Waals surface area contributed by atoms with Gasteiger partial charge in [0.25, 0.3) is 0 Å². The van der Waals surface area contributed by atoms with Crippen molar-refractivity contribution >= 4 is 17.8 Å². The summed E-state index contributed by atoms with van der Waals surface area (Å²) in [5.41, 5.74) is 1.73. The monoisotopic (exact) mass is 452 g/mol. The number of hydrogen-bond donors (Lipinski definition) is 2. The maximum Gasteiger partial charge on any atom is 0.343 e. The molecule has 6 heteroatoms. The predicted octanol–water partition coefficient (Wildman–Crippen LogP) is 6.01. The summed E-state index contributed by atoms with van der Waals surface area (Å²) in [6.45, 7) is 0. The lowest BCUT2D eigenvalue weighted by molar-refractivity contribution is 0.0734. The van der Waals surface area contributed by atoms with Crippen LogP contribution in [0.1, 0.15) is 26.3 Å². The molecule has 168 valence electrons. The second kappa shape index (κ2) is 10.2. The van der Waals surface area contributed by atoms with E-state index in [1.54, 1.807) is 66.7 Å². The summed E-state index contributed by atoms with van der Waals surface area (Å²) in [5, 5.41) is 19.1. The highest BCUT2D eigenvalue weighted by molar-refractivity contribution is 6.06. The molecule has 0 heterocycles. The largest absolute Gasteiger partial charge is 0.508 e. The van der Waals surface area contributed by atoms with Crippen LogP contribution in [0.3, 0.4) is 0 Å². The van der Waals surface area contributed by atoms with Crippen molar-refractivity contribution in [3.63, 3.8) is 0 Å². The quantitative estimate of drug-likeness (QED) is 0.154. The molecule has 0 aromatic heterocycles. The van der Waals surface area contributed by atoms with Crippen LogP contribution in [-0.2, 0) is 0 Å². The van der Waals surface area contributed by atoms with Crippen LogP contribution in [0.25, 0.3) is 6.08 Å². The normalized spacial score (nSPS) is 10.7. The number of ketones is 1. The average molecular weight is 452 g/mol. The molecule has 0 atom stereocenters. The van der Waals surface area contributed by atoms with Gasteiger partial charge in [-0.05, 0) is 48.0 Å². The van der Waals surface area contributed by atoms with Crippen molar-refractivity contribution < 1.29 is 29.3 Å². The fourth-order valence-corrected chi connectivity index (χ4v) is 3.11. The third-order valence-electron chi connectivity index (χ3n) is 4.78. The molecule has 0 saturated heterocycles. The molecule has 0 spiro atoms. The molecule has 6 nitrogen and oxygen atoms in total. The Hall–Kier alpha value is -4.84. The van der Waals surface area contributed by atoms with Gasteiger partial charge in [-0.2, -0.15) is 0 Å². The summed E-state index contributed by atoms with van der Waals surface area (Å²) < 4.78 is 11.0. The van der Waals surface area contributed by atoms with Crippen LogP contribution in [0.4, 0.5) is 0 Å². The summed E-state index contributed by atoms with van der Waals surface area (Å²) in [5.74, 6) is 0.162. The molecule has 34 heavy (non-hydrogen) atoms. The van der Waals surface area contributed by atoms with Crippen molar-refractivity contribution in [3.05, 3.63) is 120 Å². The van der Waals surface area contributed by atoms with Crippen LogP contribution in [0, 0.1) is 0 Å². The van der Waals surface area contributed by atoms with Gasteiger partial charge in [-0.1, -0.05) is 48.5 Å². The van der Waals surface area contributed by atoms with Crippen molar-refractivity contribution in [1.29, 1.82) is 0 Å². The Balaban J connectivity index is 1.35. The highest BCUT2D eigenvalue weighted by Gasteiger charge is 2.10. The second-order valence-corrected chi connectivity index (χ2v) is 7.33. The SMILES string of the molecule is O=C(C=Cc1ccc(OC(=O)c2ccc(Oc3cc(O)cc(O)c3)cc2)cc1)c1ccccc1. The number of phenols is 2. The van der Waals surface area contributed by atoms with Gasteiger partial charge < -0.3 is 19.7 Å². The first kappa shape index (κ1) is 22.4. The van der Waals surface area contributed by atoms with Crippen molar-refractivity contribution in [2.24, 2.45) is 0 Å². The minimum Gasteiger partial charge on any atom is -0.508 e. The molecule has 0 saturated carbocycles. The van der Waals surface area contributed by atoms with Gasteiger partial charge in [0.1, 0.15) is 28.7 Å². The Kier molecular flexibility index (Phi) is 6.70. The number of ether oxygens (including phenoxy) is 2. The zero-order chi connectivity index (χ0) is 23.9. The van der Waals surface area contributed by atoms with E-state index in [1.807, 2.05) is 18.2 Å². The van der Waals surface area contributed by atoms with Crippen molar-refractivity contribution in [3.8, 4) is 28.7 Å². The van der Waals surface area contributed by atoms with Crippen LogP contribution < -0.4 is 9.47 Å². The van der Waals surface area contributed by atoms with Crippen molar-refractivity contribution in [2.45, 2.75) is 0 Å². The van der Waals surface area contributed by atoms with E-state index in [9.17, 15) is 19.8 Å². The molecule has 0 fully saturated rings.